The van der Waals surface area contributed by atoms with Gasteiger partial charge in [-0.25, -0.2) is 4.79 Å². The van der Waals surface area contributed by atoms with Gasteiger partial charge in [0.05, 0.1) is 0 Å². The smallest absolute Gasteiger partial charge is 0.331 e. The van der Waals surface area contributed by atoms with Crippen LogP contribution in [0.2, 0.25) is 0 Å². The molecule has 0 bridgehead atoms. The van der Waals surface area contributed by atoms with E-state index in [4.69, 9.17) is 4.74 Å². The van der Waals surface area contributed by atoms with Crippen molar-refractivity contribution in [3.63, 3.8) is 0 Å². The van der Waals surface area contributed by atoms with Crippen LogP contribution in [0.4, 0.5) is 0 Å². The molecular formula is C14H14O3. The van der Waals surface area contributed by atoms with E-state index in [1.165, 1.54) is 6.08 Å². The van der Waals surface area contributed by atoms with Crippen LogP contribution in [0.15, 0.2) is 48.1 Å². The van der Waals surface area contributed by atoms with Gasteiger partial charge in [0.25, 0.3) is 0 Å². The van der Waals surface area contributed by atoms with Crippen LogP contribution >= 0.6 is 0 Å². The second kappa shape index (κ2) is 4.97. The van der Waals surface area contributed by atoms with Gasteiger partial charge in [0.15, 0.2) is 6.10 Å². The lowest BCUT2D eigenvalue weighted by Gasteiger charge is -2.24. The summed E-state index contributed by atoms with van der Waals surface area (Å²) in [6, 6.07) is 9.66. The zero-order valence-corrected chi connectivity index (χ0v) is 9.54. The van der Waals surface area contributed by atoms with E-state index in [0.717, 1.165) is 5.56 Å². The van der Waals surface area contributed by atoms with E-state index < -0.39 is 18.2 Å². The summed E-state index contributed by atoms with van der Waals surface area (Å²) in [6.45, 7) is 1.72. The fourth-order valence-corrected chi connectivity index (χ4v) is 1.68. The lowest BCUT2D eigenvalue weighted by atomic mass is 10.0. The Balaban J connectivity index is 2.12. The van der Waals surface area contributed by atoms with E-state index in [9.17, 15) is 9.90 Å². The molecule has 0 aliphatic carbocycles. The highest BCUT2D eigenvalue weighted by Gasteiger charge is 2.26. The highest BCUT2D eigenvalue weighted by molar-refractivity contribution is 5.84. The molecule has 1 N–H and O–H groups in total. The summed E-state index contributed by atoms with van der Waals surface area (Å²) in [5.41, 5.74) is 1.63. The van der Waals surface area contributed by atoms with E-state index in [-0.39, 0.29) is 0 Å². The summed E-state index contributed by atoms with van der Waals surface area (Å²) >= 11 is 0. The Labute approximate surface area is 100 Å². The molecule has 3 nitrogen and oxygen atoms in total. The highest BCUT2D eigenvalue weighted by Crippen LogP contribution is 2.18. The predicted molar refractivity (Wildman–Crippen MR) is 65.1 cm³/mol. The zero-order chi connectivity index (χ0) is 12.3. The van der Waals surface area contributed by atoms with Gasteiger partial charge in [-0.2, -0.15) is 0 Å². The Bertz CT molecular complexity index is 460. The fourth-order valence-electron chi connectivity index (χ4n) is 1.68. The standard InChI is InChI=1S/C14H14O3/c1-10-9-13(15)17-12(14(10)16)8-7-11-5-3-2-4-6-11/h2-9,12,14,16H,1H3/b8-7+. The van der Waals surface area contributed by atoms with Gasteiger partial charge in [-0.1, -0.05) is 36.4 Å². The quantitative estimate of drug-likeness (QED) is 0.790. The predicted octanol–water partition coefficient (Wildman–Crippen LogP) is 1.93. The van der Waals surface area contributed by atoms with Crippen molar-refractivity contribution >= 4 is 12.0 Å². The molecule has 2 atom stereocenters. The summed E-state index contributed by atoms with van der Waals surface area (Å²) < 4.78 is 5.04. The molecule has 0 spiro atoms. The fraction of sp³-hybridized carbons (Fsp3) is 0.214. The third-order valence-electron chi connectivity index (χ3n) is 2.65. The lowest BCUT2D eigenvalue weighted by molar-refractivity contribution is -0.146. The van der Waals surface area contributed by atoms with Crippen LogP contribution in [0.25, 0.3) is 6.08 Å². The number of rotatable bonds is 2. The van der Waals surface area contributed by atoms with Crippen molar-refractivity contribution in [2.24, 2.45) is 0 Å². The molecule has 0 amide bonds. The number of aliphatic hydroxyl groups is 1. The Morgan fingerprint density at radius 2 is 2.00 bits per heavy atom. The van der Waals surface area contributed by atoms with Crippen LogP contribution in [-0.2, 0) is 9.53 Å². The van der Waals surface area contributed by atoms with Crippen LogP contribution in [0.5, 0.6) is 0 Å². The largest absolute Gasteiger partial charge is 0.452 e. The molecule has 0 aromatic heterocycles. The minimum Gasteiger partial charge on any atom is -0.452 e. The van der Waals surface area contributed by atoms with E-state index in [0.29, 0.717) is 5.57 Å². The molecule has 88 valence electrons. The van der Waals surface area contributed by atoms with E-state index in [2.05, 4.69) is 0 Å². The maximum Gasteiger partial charge on any atom is 0.331 e. The number of benzene rings is 1. The maximum atomic E-state index is 11.2. The van der Waals surface area contributed by atoms with Crippen LogP contribution in [0, 0.1) is 0 Å². The molecule has 2 unspecified atom stereocenters. The molecule has 1 heterocycles. The van der Waals surface area contributed by atoms with Gasteiger partial charge in [0.1, 0.15) is 6.10 Å². The molecule has 1 aliphatic heterocycles. The number of aliphatic hydroxyl groups excluding tert-OH is 1. The molecule has 1 aromatic rings. The number of hydrogen-bond acceptors (Lipinski definition) is 3. The molecule has 0 saturated heterocycles. The molecule has 17 heavy (non-hydrogen) atoms. The summed E-state index contributed by atoms with van der Waals surface area (Å²) in [7, 11) is 0. The van der Waals surface area contributed by atoms with Crippen LogP contribution in [-0.4, -0.2) is 23.3 Å². The first-order valence-corrected chi connectivity index (χ1v) is 5.47. The summed E-state index contributed by atoms with van der Waals surface area (Å²) in [4.78, 5) is 11.2. The van der Waals surface area contributed by atoms with Gasteiger partial charge in [0, 0.05) is 6.08 Å². The minimum absolute atomic E-state index is 0.407. The number of hydrogen-bond donors (Lipinski definition) is 1. The number of esters is 1. The average molecular weight is 230 g/mol. The number of carbonyl (C=O) groups excluding carboxylic acids is 1. The first kappa shape index (κ1) is 11.6. The Kier molecular flexibility index (Phi) is 3.40. The van der Waals surface area contributed by atoms with Crippen molar-refractivity contribution in [3.05, 3.63) is 53.6 Å². The summed E-state index contributed by atoms with van der Waals surface area (Å²) in [6.07, 6.45) is 3.49. The van der Waals surface area contributed by atoms with Crippen molar-refractivity contribution < 1.29 is 14.6 Å². The molecule has 0 radical (unpaired) electrons. The van der Waals surface area contributed by atoms with Crippen LogP contribution in [0.3, 0.4) is 0 Å². The lowest BCUT2D eigenvalue weighted by Crippen LogP contribution is -2.34. The summed E-state index contributed by atoms with van der Waals surface area (Å²) in [5, 5.41) is 9.84. The first-order chi connectivity index (χ1) is 8.16. The van der Waals surface area contributed by atoms with Gasteiger partial charge in [0.2, 0.25) is 0 Å². The highest BCUT2D eigenvalue weighted by atomic mass is 16.6. The molecule has 1 aliphatic rings. The second-order valence-electron chi connectivity index (χ2n) is 4.00. The van der Waals surface area contributed by atoms with Crippen molar-refractivity contribution in [1.29, 1.82) is 0 Å². The normalized spacial score (nSPS) is 24.6. The third-order valence-corrected chi connectivity index (χ3v) is 2.65. The van der Waals surface area contributed by atoms with E-state index >= 15 is 0 Å². The van der Waals surface area contributed by atoms with Crippen LogP contribution in [0.1, 0.15) is 12.5 Å². The van der Waals surface area contributed by atoms with Crippen LogP contribution < -0.4 is 0 Å². The zero-order valence-electron chi connectivity index (χ0n) is 9.54. The van der Waals surface area contributed by atoms with Gasteiger partial charge in [-0.05, 0) is 24.1 Å². The van der Waals surface area contributed by atoms with Crippen molar-refractivity contribution in [3.8, 4) is 0 Å². The molecule has 0 saturated carbocycles. The third kappa shape index (κ3) is 2.82. The van der Waals surface area contributed by atoms with Gasteiger partial charge in [-0.15, -0.1) is 0 Å². The van der Waals surface area contributed by atoms with Crippen molar-refractivity contribution in [2.75, 3.05) is 0 Å². The van der Waals surface area contributed by atoms with Gasteiger partial charge in [-0.3, -0.25) is 0 Å². The Morgan fingerprint density at radius 1 is 1.29 bits per heavy atom. The molecular weight excluding hydrogens is 216 g/mol. The SMILES string of the molecule is CC1=CC(=O)OC(/C=C/c2ccccc2)C1O. The summed E-state index contributed by atoms with van der Waals surface area (Å²) in [5.74, 6) is -0.407. The van der Waals surface area contributed by atoms with Crippen molar-refractivity contribution in [2.45, 2.75) is 19.1 Å². The molecule has 0 fully saturated rings. The maximum absolute atomic E-state index is 11.2. The molecule has 2 rings (SSSR count). The topological polar surface area (TPSA) is 46.5 Å². The Morgan fingerprint density at radius 3 is 2.71 bits per heavy atom. The number of ether oxygens (including phenoxy) is 1. The first-order valence-electron chi connectivity index (χ1n) is 5.47. The van der Waals surface area contributed by atoms with Crippen molar-refractivity contribution in [1.82, 2.24) is 0 Å². The monoisotopic (exact) mass is 230 g/mol. The average Bonchev–Trinajstić information content (AvgIpc) is 2.33. The number of carbonyl (C=O) groups is 1. The van der Waals surface area contributed by atoms with Gasteiger partial charge >= 0.3 is 5.97 Å². The molecule has 1 aromatic carbocycles. The number of cyclic esters (lactones) is 1. The second-order valence-corrected chi connectivity index (χ2v) is 4.00. The Hall–Kier alpha value is -1.87. The van der Waals surface area contributed by atoms with E-state index in [1.54, 1.807) is 13.0 Å². The molecule has 3 heteroatoms. The minimum atomic E-state index is -0.757. The van der Waals surface area contributed by atoms with E-state index in [1.807, 2.05) is 36.4 Å². The van der Waals surface area contributed by atoms with Gasteiger partial charge < -0.3 is 9.84 Å².